The van der Waals surface area contributed by atoms with Crippen molar-refractivity contribution in [1.82, 2.24) is 0 Å². The van der Waals surface area contributed by atoms with Crippen LogP contribution in [0, 0.1) is 0 Å². The van der Waals surface area contributed by atoms with Crippen LogP contribution in [0.25, 0.3) is 0 Å². The SMILES string of the molecule is CC/C=C\C/C=C\C/C=C\C/C=C\C/C=C\CCCCCCCCCCCCCCCCCCCC(=O)OCC(COC(=O)CCCCCCC/C=C\C/C=C\CCC)OC(=O)CCCCCCC/C=C\C/C=C\CCC. The molecule has 0 aromatic carbocycles. The van der Waals surface area contributed by atoms with E-state index in [-0.39, 0.29) is 31.1 Å². The number of hydrogen-bond acceptors (Lipinski definition) is 6. The molecule has 0 heterocycles. The van der Waals surface area contributed by atoms with Crippen molar-refractivity contribution in [3.05, 3.63) is 109 Å². The molecular weight excluding hydrogens is 949 g/mol. The van der Waals surface area contributed by atoms with E-state index in [2.05, 4.69) is 130 Å². The van der Waals surface area contributed by atoms with Crippen LogP contribution in [-0.2, 0) is 28.6 Å². The summed E-state index contributed by atoms with van der Waals surface area (Å²) in [6, 6.07) is 0. The van der Waals surface area contributed by atoms with Gasteiger partial charge in [0.25, 0.3) is 0 Å². The van der Waals surface area contributed by atoms with Crippen LogP contribution in [0.3, 0.4) is 0 Å². The molecule has 440 valence electrons. The molecule has 0 saturated heterocycles. The minimum Gasteiger partial charge on any atom is -0.462 e. The fourth-order valence-electron chi connectivity index (χ4n) is 8.90. The molecule has 0 aromatic heterocycles. The highest BCUT2D eigenvalue weighted by molar-refractivity contribution is 5.71. The van der Waals surface area contributed by atoms with Gasteiger partial charge < -0.3 is 14.2 Å². The van der Waals surface area contributed by atoms with Gasteiger partial charge in [-0.1, -0.05) is 278 Å². The van der Waals surface area contributed by atoms with E-state index in [0.29, 0.717) is 19.3 Å². The van der Waals surface area contributed by atoms with Gasteiger partial charge in [-0.3, -0.25) is 14.4 Å². The average Bonchev–Trinajstić information content (AvgIpc) is 3.43. The zero-order chi connectivity index (χ0) is 55.7. The third-order valence-electron chi connectivity index (χ3n) is 13.7. The summed E-state index contributed by atoms with van der Waals surface area (Å²) in [7, 11) is 0. The molecule has 0 bridgehead atoms. The molecule has 1 atom stereocenters. The van der Waals surface area contributed by atoms with E-state index < -0.39 is 6.10 Å². The fraction of sp³-hybridized carbons (Fsp3) is 0.704. The van der Waals surface area contributed by atoms with E-state index in [1.807, 2.05) is 0 Å². The Morgan fingerprint density at radius 1 is 0.273 bits per heavy atom. The quantitative estimate of drug-likeness (QED) is 0.0261. The molecule has 6 nitrogen and oxygen atoms in total. The number of hydrogen-bond donors (Lipinski definition) is 0. The largest absolute Gasteiger partial charge is 0.462 e. The van der Waals surface area contributed by atoms with Gasteiger partial charge >= 0.3 is 17.9 Å². The standard InChI is InChI=1S/C71H120O6/c1-4-7-10-13-16-19-22-25-26-27-28-29-30-31-32-33-34-35-36-37-38-39-40-41-42-43-44-47-49-52-55-58-61-64-70(73)76-67-68(77-71(74)65-62-59-56-53-50-46-24-21-18-15-12-9-6-3)66-75-69(72)63-60-57-54-51-48-45-23-20-17-14-11-8-5-2/h7,10-12,14-16,19-21,23-26,28-29,31-32,68H,4-6,8-9,13,17-18,22,27,30,33-67H2,1-3H3/b10-7-,14-11-,15-12-,19-16-,23-20-,24-21-,26-25-,29-28-,32-31-. The predicted octanol–water partition coefficient (Wildman–Crippen LogP) is 22.2. The molecular formula is C71H120O6. The predicted molar refractivity (Wildman–Crippen MR) is 334 cm³/mol. The van der Waals surface area contributed by atoms with E-state index in [4.69, 9.17) is 14.2 Å². The molecule has 0 aliphatic heterocycles. The van der Waals surface area contributed by atoms with Crippen molar-refractivity contribution in [2.75, 3.05) is 13.2 Å². The second kappa shape index (κ2) is 64.6. The summed E-state index contributed by atoms with van der Waals surface area (Å²) in [6.45, 7) is 6.39. The Kier molecular flexibility index (Phi) is 61.3. The third-order valence-corrected chi connectivity index (χ3v) is 13.7. The number of carbonyl (C=O) groups is 3. The summed E-state index contributed by atoms with van der Waals surface area (Å²) in [5.41, 5.74) is 0. The van der Waals surface area contributed by atoms with E-state index in [1.54, 1.807) is 0 Å². The van der Waals surface area contributed by atoms with Crippen molar-refractivity contribution in [2.24, 2.45) is 0 Å². The lowest BCUT2D eigenvalue weighted by molar-refractivity contribution is -0.167. The average molecular weight is 1070 g/mol. The van der Waals surface area contributed by atoms with Crippen LogP contribution in [0.5, 0.6) is 0 Å². The second-order valence-electron chi connectivity index (χ2n) is 21.3. The van der Waals surface area contributed by atoms with Gasteiger partial charge in [0.1, 0.15) is 13.2 Å². The first kappa shape index (κ1) is 73.1. The number of carbonyl (C=O) groups excluding carboxylic acids is 3. The van der Waals surface area contributed by atoms with Crippen LogP contribution < -0.4 is 0 Å². The molecule has 1 unspecified atom stereocenters. The van der Waals surface area contributed by atoms with E-state index in [0.717, 1.165) is 154 Å². The first-order valence-electron chi connectivity index (χ1n) is 32.4. The summed E-state index contributed by atoms with van der Waals surface area (Å²) in [6.07, 6.45) is 88.3. The smallest absolute Gasteiger partial charge is 0.306 e. The molecule has 0 amide bonds. The molecule has 0 rings (SSSR count). The van der Waals surface area contributed by atoms with Crippen molar-refractivity contribution >= 4 is 17.9 Å². The topological polar surface area (TPSA) is 78.9 Å². The fourth-order valence-corrected chi connectivity index (χ4v) is 8.90. The lowest BCUT2D eigenvalue weighted by Gasteiger charge is -2.18. The maximum absolute atomic E-state index is 12.8. The molecule has 0 aliphatic carbocycles. The number of ether oxygens (including phenoxy) is 3. The first-order valence-corrected chi connectivity index (χ1v) is 32.4. The molecule has 0 aliphatic rings. The Hall–Kier alpha value is -3.93. The highest BCUT2D eigenvalue weighted by atomic mass is 16.6. The van der Waals surface area contributed by atoms with Gasteiger partial charge in [0.05, 0.1) is 0 Å². The van der Waals surface area contributed by atoms with Gasteiger partial charge in [0.2, 0.25) is 0 Å². The zero-order valence-electron chi connectivity index (χ0n) is 50.4. The number of unbranched alkanes of at least 4 members (excludes halogenated alkanes) is 29. The Labute approximate surface area is 476 Å². The molecule has 0 N–H and O–H groups in total. The van der Waals surface area contributed by atoms with Gasteiger partial charge in [-0.05, 0) is 116 Å². The van der Waals surface area contributed by atoms with Crippen LogP contribution >= 0.6 is 0 Å². The van der Waals surface area contributed by atoms with Gasteiger partial charge in [-0.15, -0.1) is 0 Å². The molecule has 0 spiro atoms. The van der Waals surface area contributed by atoms with Gasteiger partial charge in [-0.25, -0.2) is 0 Å². The van der Waals surface area contributed by atoms with Crippen molar-refractivity contribution in [3.63, 3.8) is 0 Å². The Balaban J connectivity index is 4.14. The van der Waals surface area contributed by atoms with E-state index in [9.17, 15) is 14.4 Å². The summed E-state index contributed by atoms with van der Waals surface area (Å²) in [4.78, 5) is 38.2. The lowest BCUT2D eigenvalue weighted by Crippen LogP contribution is -2.30. The molecule has 6 heteroatoms. The Morgan fingerprint density at radius 3 is 0.792 bits per heavy atom. The number of allylic oxidation sites excluding steroid dienone is 18. The number of rotatable bonds is 58. The van der Waals surface area contributed by atoms with Crippen molar-refractivity contribution < 1.29 is 28.6 Å². The van der Waals surface area contributed by atoms with Gasteiger partial charge in [0, 0.05) is 19.3 Å². The van der Waals surface area contributed by atoms with Crippen LogP contribution in [-0.4, -0.2) is 37.2 Å². The molecule has 0 radical (unpaired) electrons. The van der Waals surface area contributed by atoms with Crippen molar-refractivity contribution in [2.45, 2.75) is 309 Å². The molecule has 0 aromatic rings. The van der Waals surface area contributed by atoms with Crippen molar-refractivity contribution in [3.8, 4) is 0 Å². The van der Waals surface area contributed by atoms with Gasteiger partial charge in [-0.2, -0.15) is 0 Å². The van der Waals surface area contributed by atoms with E-state index >= 15 is 0 Å². The normalized spacial score (nSPS) is 12.8. The highest BCUT2D eigenvalue weighted by Crippen LogP contribution is 2.16. The summed E-state index contributed by atoms with van der Waals surface area (Å²) >= 11 is 0. The van der Waals surface area contributed by atoms with Crippen LogP contribution in [0.15, 0.2) is 109 Å². The highest BCUT2D eigenvalue weighted by Gasteiger charge is 2.19. The number of esters is 3. The van der Waals surface area contributed by atoms with Crippen LogP contribution in [0.4, 0.5) is 0 Å². The molecule has 0 fully saturated rings. The lowest BCUT2D eigenvalue weighted by atomic mass is 10.0. The second-order valence-corrected chi connectivity index (χ2v) is 21.3. The first-order chi connectivity index (χ1) is 38.0. The van der Waals surface area contributed by atoms with Crippen LogP contribution in [0.1, 0.15) is 303 Å². The minimum atomic E-state index is -0.791. The third kappa shape index (κ3) is 62.8. The monoisotopic (exact) mass is 1070 g/mol. The van der Waals surface area contributed by atoms with Crippen molar-refractivity contribution in [1.29, 1.82) is 0 Å². The maximum atomic E-state index is 12.8. The minimum absolute atomic E-state index is 0.0866. The zero-order valence-corrected chi connectivity index (χ0v) is 50.4. The summed E-state index contributed by atoms with van der Waals surface area (Å²) < 4.78 is 16.9. The van der Waals surface area contributed by atoms with E-state index in [1.165, 1.54) is 109 Å². The van der Waals surface area contributed by atoms with Crippen LogP contribution in [0.2, 0.25) is 0 Å². The molecule has 77 heavy (non-hydrogen) atoms. The molecule has 0 saturated carbocycles. The summed E-state index contributed by atoms with van der Waals surface area (Å²) in [5, 5.41) is 0. The summed E-state index contributed by atoms with van der Waals surface area (Å²) in [5.74, 6) is -0.909. The maximum Gasteiger partial charge on any atom is 0.306 e. The Bertz CT molecular complexity index is 1560. The Morgan fingerprint density at radius 2 is 0.506 bits per heavy atom. The van der Waals surface area contributed by atoms with Gasteiger partial charge in [0.15, 0.2) is 6.10 Å².